The number of alkyl halides is 3. The SMILES string of the molecule is CC1C2CCC3=CC(Nc4ccc(F)cc4)=C(CN)C[C@]3(C)C2=CC[C@H]1C(F)(F)F.O=CNc1ccc(O)c(F)c1. The quantitative estimate of drug-likeness (QED) is 0.129. The van der Waals surface area contributed by atoms with Gasteiger partial charge in [-0.05, 0) is 85.6 Å². The van der Waals surface area contributed by atoms with E-state index in [1.165, 1.54) is 29.8 Å². The van der Waals surface area contributed by atoms with Gasteiger partial charge < -0.3 is 21.5 Å². The van der Waals surface area contributed by atoms with E-state index in [1.54, 1.807) is 19.1 Å². The minimum absolute atomic E-state index is 0.0434. The van der Waals surface area contributed by atoms with Crippen LogP contribution in [-0.2, 0) is 4.79 Å². The highest BCUT2D eigenvalue weighted by atomic mass is 19.4. The monoisotopic (exact) mass is 575 g/mol. The summed E-state index contributed by atoms with van der Waals surface area (Å²) in [7, 11) is 0. The van der Waals surface area contributed by atoms with Gasteiger partial charge in [-0.2, -0.15) is 13.2 Å². The molecular weight excluding hydrogens is 541 g/mol. The number of rotatable bonds is 5. The number of carbonyl (C=O) groups excluding carboxylic acids is 1. The third-order valence-corrected chi connectivity index (χ3v) is 8.56. The highest BCUT2D eigenvalue weighted by molar-refractivity contribution is 5.71. The summed E-state index contributed by atoms with van der Waals surface area (Å²) in [6.07, 6.45) is 2.54. The Balaban J connectivity index is 0.000000296. The first-order valence-electron chi connectivity index (χ1n) is 13.5. The number of anilines is 2. The highest BCUT2D eigenvalue weighted by Crippen LogP contribution is 2.59. The molecule has 0 spiro atoms. The number of benzene rings is 2. The maximum atomic E-state index is 13.5. The molecule has 0 aliphatic heterocycles. The van der Waals surface area contributed by atoms with Gasteiger partial charge in [0.2, 0.25) is 6.41 Å². The van der Waals surface area contributed by atoms with E-state index >= 15 is 0 Å². The Bertz CT molecular complexity index is 1370. The first-order chi connectivity index (χ1) is 19.4. The Morgan fingerprint density at radius 3 is 2.41 bits per heavy atom. The molecule has 1 saturated carbocycles. The molecule has 0 heterocycles. The molecule has 0 bridgehead atoms. The molecule has 5 rings (SSSR count). The summed E-state index contributed by atoms with van der Waals surface area (Å²) in [4.78, 5) is 9.87. The molecule has 220 valence electrons. The zero-order valence-corrected chi connectivity index (χ0v) is 22.9. The van der Waals surface area contributed by atoms with E-state index < -0.39 is 29.6 Å². The zero-order valence-electron chi connectivity index (χ0n) is 22.9. The third-order valence-electron chi connectivity index (χ3n) is 8.56. The van der Waals surface area contributed by atoms with Gasteiger partial charge >= 0.3 is 6.18 Å². The Morgan fingerprint density at radius 2 is 1.80 bits per heavy atom. The molecule has 1 fully saturated rings. The first-order valence-corrected chi connectivity index (χ1v) is 13.5. The molecule has 2 unspecified atom stereocenters. The average molecular weight is 576 g/mol. The van der Waals surface area contributed by atoms with E-state index in [0.717, 1.165) is 41.4 Å². The molecule has 41 heavy (non-hydrogen) atoms. The number of aromatic hydroxyl groups is 1. The second kappa shape index (κ2) is 12.1. The van der Waals surface area contributed by atoms with E-state index in [0.29, 0.717) is 25.1 Å². The van der Waals surface area contributed by atoms with Crippen molar-refractivity contribution in [1.82, 2.24) is 0 Å². The van der Waals surface area contributed by atoms with Gasteiger partial charge in [0.15, 0.2) is 11.6 Å². The van der Waals surface area contributed by atoms with E-state index in [1.807, 2.05) is 6.08 Å². The Kier molecular flexibility index (Phi) is 8.91. The van der Waals surface area contributed by atoms with Gasteiger partial charge in [-0.3, -0.25) is 4.79 Å². The Morgan fingerprint density at radius 1 is 1.12 bits per heavy atom. The number of hydrogen-bond acceptors (Lipinski definition) is 4. The number of nitrogens with two attached hydrogens (primary N) is 1. The molecule has 2 aromatic carbocycles. The van der Waals surface area contributed by atoms with Crippen molar-refractivity contribution in [2.75, 3.05) is 17.2 Å². The number of allylic oxidation sites excluding steroid dienone is 4. The maximum absolute atomic E-state index is 13.5. The largest absolute Gasteiger partial charge is 0.505 e. The number of amides is 1. The van der Waals surface area contributed by atoms with Crippen molar-refractivity contribution in [2.24, 2.45) is 28.9 Å². The summed E-state index contributed by atoms with van der Waals surface area (Å²) >= 11 is 0. The normalized spacial score (nSPS) is 25.5. The Hall–Kier alpha value is -3.66. The predicted octanol–water partition coefficient (Wildman–Crippen LogP) is 7.44. The van der Waals surface area contributed by atoms with Crippen molar-refractivity contribution in [1.29, 1.82) is 0 Å². The lowest BCUT2D eigenvalue weighted by Gasteiger charge is -2.51. The number of halogens is 5. The van der Waals surface area contributed by atoms with Gasteiger partial charge in [-0.1, -0.05) is 31.1 Å². The van der Waals surface area contributed by atoms with Crippen LogP contribution in [0, 0.1) is 34.8 Å². The van der Waals surface area contributed by atoms with E-state index in [9.17, 15) is 26.7 Å². The fourth-order valence-corrected chi connectivity index (χ4v) is 6.35. The second-order valence-corrected chi connectivity index (χ2v) is 11.0. The summed E-state index contributed by atoms with van der Waals surface area (Å²) in [5.41, 5.74) is 11.2. The van der Waals surface area contributed by atoms with Crippen LogP contribution >= 0.6 is 0 Å². The summed E-state index contributed by atoms with van der Waals surface area (Å²) in [6.45, 7) is 4.28. The van der Waals surface area contributed by atoms with Gasteiger partial charge in [-0.15, -0.1) is 0 Å². The molecule has 3 aliphatic carbocycles. The number of carbonyl (C=O) groups is 1. The zero-order chi connectivity index (χ0) is 29.9. The maximum Gasteiger partial charge on any atom is 0.392 e. The van der Waals surface area contributed by atoms with Crippen molar-refractivity contribution in [2.45, 2.75) is 45.7 Å². The van der Waals surface area contributed by atoms with Gasteiger partial charge in [-0.25, -0.2) is 8.78 Å². The summed E-state index contributed by atoms with van der Waals surface area (Å²) < 4.78 is 66.2. The molecule has 0 radical (unpaired) electrons. The molecule has 0 saturated heterocycles. The summed E-state index contributed by atoms with van der Waals surface area (Å²) in [5, 5.41) is 14.3. The standard InChI is InChI=1S/C24H28F4N2.C7H6FNO2/c1-14-19-8-3-16-11-22(30-18-6-4-17(25)5-7-18)15(13-29)12-23(16,2)21(19)10-9-20(14)24(26,27)28;8-6-3-5(9-4-10)1-2-7(6)11/h4-7,10-11,14,19-20,30H,3,8-9,12-13,29H2,1-2H3;1-4,11H,(H,9,10)/t14?,19?,20-,23+;/m1./s1. The van der Waals surface area contributed by atoms with Crippen LogP contribution in [-0.4, -0.2) is 24.2 Å². The summed E-state index contributed by atoms with van der Waals surface area (Å²) in [6, 6.07) is 9.77. The third kappa shape index (κ3) is 6.48. The minimum Gasteiger partial charge on any atom is -0.505 e. The van der Waals surface area contributed by atoms with Gasteiger partial charge in [0.1, 0.15) is 5.82 Å². The lowest BCUT2D eigenvalue weighted by atomic mass is 9.54. The molecule has 3 aliphatic rings. The fourth-order valence-electron chi connectivity index (χ4n) is 6.35. The van der Waals surface area contributed by atoms with Gasteiger partial charge in [0.05, 0.1) is 5.92 Å². The minimum atomic E-state index is -4.15. The molecule has 2 aromatic rings. The average Bonchev–Trinajstić information content (AvgIpc) is 2.92. The number of phenolic OH excluding ortho intramolecular Hbond substituents is 1. The topological polar surface area (TPSA) is 87.4 Å². The molecule has 10 heteroatoms. The van der Waals surface area contributed by atoms with Crippen LogP contribution in [0.1, 0.15) is 39.5 Å². The van der Waals surface area contributed by atoms with Crippen LogP contribution in [0.25, 0.3) is 0 Å². The number of phenols is 1. The molecule has 4 atom stereocenters. The lowest BCUT2D eigenvalue weighted by molar-refractivity contribution is -0.193. The molecule has 0 aromatic heterocycles. The van der Waals surface area contributed by atoms with Crippen molar-refractivity contribution < 1.29 is 31.9 Å². The van der Waals surface area contributed by atoms with Crippen LogP contribution in [0.15, 0.2) is 77.0 Å². The van der Waals surface area contributed by atoms with Crippen LogP contribution in [0.5, 0.6) is 5.75 Å². The Labute approximate surface area is 236 Å². The number of nitrogens with one attached hydrogen (secondary N) is 2. The predicted molar refractivity (Wildman–Crippen MR) is 149 cm³/mol. The van der Waals surface area contributed by atoms with E-state index in [2.05, 4.69) is 23.6 Å². The van der Waals surface area contributed by atoms with Crippen molar-refractivity contribution in [3.05, 3.63) is 88.7 Å². The molecule has 1 amide bonds. The van der Waals surface area contributed by atoms with Crippen molar-refractivity contribution in [3.63, 3.8) is 0 Å². The van der Waals surface area contributed by atoms with Crippen LogP contribution < -0.4 is 16.4 Å². The molecule has 5 nitrogen and oxygen atoms in total. The molecule has 5 N–H and O–H groups in total. The number of fused-ring (bicyclic) bond motifs is 3. The number of hydrogen-bond donors (Lipinski definition) is 4. The van der Waals surface area contributed by atoms with Crippen LogP contribution in [0.2, 0.25) is 0 Å². The first kappa shape index (κ1) is 30.3. The highest BCUT2D eigenvalue weighted by Gasteiger charge is 2.52. The fraction of sp³-hybridized carbons (Fsp3) is 0.387. The van der Waals surface area contributed by atoms with Crippen molar-refractivity contribution >= 4 is 17.8 Å². The summed E-state index contributed by atoms with van der Waals surface area (Å²) in [5.74, 6) is -3.19. The lowest BCUT2D eigenvalue weighted by Crippen LogP contribution is -2.43. The van der Waals surface area contributed by atoms with Gasteiger partial charge in [0.25, 0.3) is 0 Å². The molecular formula is C31H34F5N3O2. The smallest absolute Gasteiger partial charge is 0.392 e. The van der Waals surface area contributed by atoms with Crippen LogP contribution in [0.3, 0.4) is 0 Å². The van der Waals surface area contributed by atoms with E-state index in [-0.39, 0.29) is 23.6 Å². The second-order valence-electron chi connectivity index (χ2n) is 11.0. The van der Waals surface area contributed by atoms with E-state index in [4.69, 9.17) is 10.8 Å². The van der Waals surface area contributed by atoms with Gasteiger partial charge in [0, 0.05) is 35.1 Å². The van der Waals surface area contributed by atoms with Crippen molar-refractivity contribution in [3.8, 4) is 5.75 Å². The van der Waals surface area contributed by atoms with Crippen LogP contribution in [0.4, 0.5) is 33.3 Å².